The van der Waals surface area contributed by atoms with Gasteiger partial charge in [-0.2, -0.15) is 0 Å². The van der Waals surface area contributed by atoms with Gasteiger partial charge in [-0.15, -0.1) is 0 Å². The summed E-state index contributed by atoms with van der Waals surface area (Å²) in [6, 6.07) is 8.07. The third-order valence-corrected chi connectivity index (χ3v) is 3.09. The van der Waals surface area contributed by atoms with Crippen molar-refractivity contribution in [3.63, 3.8) is 0 Å². The van der Waals surface area contributed by atoms with E-state index in [9.17, 15) is 0 Å². The van der Waals surface area contributed by atoms with Gasteiger partial charge in [0.15, 0.2) is 0 Å². The molecule has 18 heavy (non-hydrogen) atoms. The lowest BCUT2D eigenvalue weighted by Crippen LogP contribution is -2.02. The van der Waals surface area contributed by atoms with E-state index in [2.05, 4.69) is 11.9 Å². The molecule has 1 aromatic heterocycles. The Hall–Kier alpha value is -1.81. The summed E-state index contributed by atoms with van der Waals surface area (Å²) in [6.07, 6.45) is 0. The third kappa shape index (κ3) is 2.11. The number of aromatic nitrogens is 2. The van der Waals surface area contributed by atoms with E-state index in [1.54, 1.807) is 7.11 Å². The number of hydrogen-bond acceptors (Lipinski definition) is 3. The van der Waals surface area contributed by atoms with E-state index in [1.165, 1.54) is 0 Å². The van der Waals surface area contributed by atoms with Crippen LogP contribution in [0.4, 0.5) is 5.82 Å². The molecule has 0 fully saturated rings. The van der Waals surface area contributed by atoms with Gasteiger partial charge in [-0.05, 0) is 19.4 Å². The second-order valence-corrected chi connectivity index (χ2v) is 4.23. The van der Waals surface area contributed by atoms with Crippen molar-refractivity contribution >= 4 is 5.82 Å². The van der Waals surface area contributed by atoms with Crippen LogP contribution in [-0.4, -0.2) is 16.7 Å². The first-order chi connectivity index (χ1) is 8.69. The van der Waals surface area contributed by atoms with Crippen LogP contribution in [0, 0.1) is 6.92 Å². The van der Waals surface area contributed by atoms with Gasteiger partial charge in [0, 0.05) is 19.2 Å². The van der Waals surface area contributed by atoms with Crippen molar-refractivity contribution < 1.29 is 4.74 Å². The Morgan fingerprint density at radius 3 is 2.67 bits per heavy atom. The number of anilines is 1. The monoisotopic (exact) mass is 245 g/mol. The lowest BCUT2D eigenvalue weighted by atomic mass is 10.1. The molecule has 2 rings (SSSR count). The van der Waals surface area contributed by atoms with Crippen molar-refractivity contribution in [3.05, 3.63) is 35.7 Å². The Labute approximate surface area is 107 Å². The number of ether oxygens (including phenoxy) is 1. The van der Waals surface area contributed by atoms with Gasteiger partial charge in [-0.3, -0.25) is 0 Å². The zero-order valence-electron chi connectivity index (χ0n) is 11.1. The second-order valence-electron chi connectivity index (χ2n) is 4.23. The summed E-state index contributed by atoms with van der Waals surface area (Å²) in [7, 11) is 1.69. The lowest BCUT2D eigenvalue weighted by Gasteiger charge is -2.08. The zero-order valence-corrected chi connectivity index (χ0v) is 11.1. The van der Waals surface area contributed by atoms with E-state index in [4.69, 9.17) is 10.5 Å². The van der Waals surface area contributed by atoms with Crippen LogP contribution in [0.3, 0.4) is 0 Å². The Bertz CT molecular complexity index is 546. The largest absolute Gasteiger partial charge is 0.383 e. The Morgan fingerprint density at radius 2 is 2.06 bits per heavy atom. The van der Waals surface area contributed by atoms with Crippen LogP contribution >= 0.6 is 0 Å². The summed E-state index contributed by atoms with van der Waals surface area (Å²) in [5.41, 5.74) is 9.17. The molecule has 0 unspecified atom stereocenters. The minimum absolute atomic E-state index is 0.563. The molecule has 0 aliphatic rings. The molecule has 0 spiro atoms. The topological polar surface area (TPSA) is 53.1 Å². The maximum absolute atomic E-state index is 6.17. The third-order valence-electron chi connectivity index (χ3n) is 3.09. The number of hydrogen-bond donors (Lipinski definition) is 1. The number of rotatable bonds is 4. The molecule has 0 amide bonds. The Kier molecular flexibility index (Phi) is 3.67. The van der Waals surface area contributed by atoms with E-state index < -0.39 is 0 Å². The van der Waals surface area contributed by atoms with Crippen LogP contribution in [0.1, 0.15) is 18.3 Å². The van der Waals surface area contributed by atoms with Gasteiger partial charge in [-0.1, -0.05) is 24.3 Å². The van der Waals surface area contributed by atoms with E-state index in [0.717, 1.165) is 35.0 Å². The average molecular weight is 245 g/mol. The molecule has 4 heteroatoms. The molecule has 0 radical (unpaired) electrons. The maximum atomic E-state index is 6.17. The highest BCUT2D eigenvalue weighted by atomic mass is 16.5. The number of aryl methyl sites for hydroxylation is 1. The van der Waals surface area contributed by atoms with Gasteiger partial charge in [0.1, 0.15) is 17.3 Å². The summed E-state index contributed by atoms with van der Waals surface area (Å²) in [6.45, 7) is 5.43. The predicted octanol–water partition coefficient (Wildman–Crippen LogP) is 2.61. The van der Waals surface area contributed by atoms with Crippen LogP contribution < -0.4 is 5.73 Å². The minimum Gasteiger partial charge on any atom is -0.383 e. The molecule has 0 aliphatic carbocycles. The first-order valence-electron chi connectivity index (χ1n) is 6.08. The molecular formula is C14H19N3O. The quantitative estimate of drug-likeness (QED) is 0.900. The molecule has 1 aromatic carbocycles. The molecule has 1 heterocycles. The summed E-state index contributed by atoms with van der Waals surface area (Å²) < 4.78 is 7.23. The fraction of sp³-hybridized carbons (Fsp3) is 0.357. The number of methoxy groups -OCH3 is 1. The Morgan fingerprint density at radius 1 is 1.33 bits per heavy atom. The molecular weight excluding hydrogens is 226 g/mol. The van der Waals surface area contributed by atoms with E-state index in [0.29, 0.717) is 6.61 Å². The number of nitrogens with zero attached hydrogens (tertiary/aromatic N) is 2. The molecule has 2 N–H and O–H groups in total. The van der Waals surface area contributed by atoms with Crippen molar-refractivity contribution in [2.45, 2.75) is 27.0 Å². The van der Waals surface area contributed by atoms with Crippen LogP contribution in [0.25, 0.3) is 11.3 Å². The average Bonchev–Trinajstić information content (AvgIpc) is 2.65. The van der Waals surface area contributed by atoms with Gasteiger partial charge >= 0.3 is 0 Å². The smallest absolute Gasteiger partial charge is 0.131 e. The maximum Gasteiger partial charge on any atom is 0.131 e. The molecule has 4 nitrogen and oxygen atoms in total. The normalized spacial score (nSPS) is 10.8. The standard InChI is InChI=1S/C14H19N3O/c1-4-17-10(2)16-13(14(17)15)12-8-6-5-7-11(12)9-18-3/h5-8H,4,9,15H2,1-3H3. The number of imidazole rings is 1. The highest BCUT2D eigenvalue weighted by Gasteiger charge is 2.15. The van der Waals surface area contributed by atoms with Gasteiger partial charge < -0.3 is 15.0 Å². The van der Waals surface area contributed by atoms with Crippen LogP contribution in [0.15, 0.2) is 24.3 Å². The van der Waals surface area contributed by atoms with Crippen molar-refractivity contribution in [2.24, 2.45) is 0 Å². The predicted molar refractivity (Wildman–Crippen MR) is 73.2 cm³/mol. The van der Waals surface area contributed by atoms with Gasteiger partial charge in [0.05, 0.1) is 6.61 Å². The van der Waals surface area contributed by atoms with Crippen LogP contribution in [-0.2, 0) is 17.9 Å². The summed E-state index contributed by atoms with van der Waals surface area (Å²) in [5.74, 6) is 1.66. The first kappa shape index (κ1) is 12.6. The van der Waals surface area contributed by atoms with Gasteiger partial charge in [0.2, 0.25) is 0 Å². The van der Waals surface area contributed by atoms with Crippen LogP contribution in [0.5, 0.6) is 0 Å². The number of benzene rings is 1. The van der Waals surface area contributed by atoms with Crippen molar-refractivity contribution in [3.8, 4) is 11.3 Å². The molecule has 0 saturated heterocycles. The zero-order chi connectivity index (χ0) is 13.1. The van der Waals surface area contributed by atoms with Gasteiger partial charge in [0.25, 0.3) is 0 Å². The summed E-state index contributed by atoms with van der Waals surface area (Å²) in [5, 5.41) is 0. The minimum atomic E-state index is 0.563. The number of nitrogen functional groups attached to an aromatic ring is 1. The highest BCUT2D eigenvalue weighted by Crippen LogP contribution is 2.29. The molecule has 0 saturated carbocycles. The fourth-order valence-corrected chi connectivity index (χ4v) is 2.21. The first-order valence-corrected chi connectivity index (χ1v) is 6.08. The lowest BCUT2D eigenvalue weighted by molar-refractivity contribution is 0.185. The van der Waals surface area contributed by atoms with E-state index in [-0.39, 0.29) is 0 Å². The highest BCUT2D eigenvalue weighted by molar-refractivity contribution is 5.73. The van der Waals surface area contributed by atoms with E-state index in [1.807, 2.05) is 35.8 Å². The van der Waals surface area contributed by atoms with Gasteiger partial charge in [-0.25, -0.2) is 4.98 Å². The fourth-order valence-electron chi connectivity index (χ4n) is 2.21. The summed E-state index contributed by atoms with van der Waals surface area (Å²) in [4.78, 5) is 4.58. The molecule has 2 aromatic rings. The number of nitrogens with two attached hydrogens (primary N) is 1. The second kappa shape index (κ2) is 5.23. The van der Waals surface area contributed by atoms with Crippen molar-refractivity contribution in [1.29, 1.82) is 0 Å². The molecule has 0 bridgehead atoms. The summed E-state index contributed by atoms with van der Waals surface area (Å²) >= 11 is 0. The molecule has 0 aliphatic heterocycles. The van der Waals surface area contributed by atoms with E-state index >= 15 is 0 Å². The van der Waals surface area contributed by atoms with Crippen LogP contribution in [0.2, 0.25) is 0 Å². The Balaban J connectivity index is 2.55. The van der Waals surface area contributed by atoms with Crippen molar-refractivity contribution in [2.75, 3.05) is 12.8 Å². The SMILES string of the molecule is CCn1c(C)nc(-c2ccccc2COC)c1N. The molecule has 0 atom stereocenters. The molecule has 96 valence electrons. The van der Waals surface area contributed by atoms with Crippen molar-refractivity contribution in [1.82, 2.24) is 9.55 Å².